The van der Waals surface area contributed by atoms with Crippen molar-refractivity contribution in [1.82, 2.24) is 15.1 Å². The summed E-state index contributed by atoms with van der Waals surface area (Å²) in [4.78, 5) is 1.28. The summed E-state index contributed by atoms with van der Waals surface area (Å²) in [6.45, 7) is 3.01. The van der Waals surface area contributed by atoms with E-state index in [1.165, 1.54) is 10.5 Å². The molecular weight excluding hydrogens is 322 g/mol. The number of nitrogens with zero attached hydrogens (tertiary/aromatic N) is 2. The van der Waals surface area contributed by atoms with E-state index < -0.39 is 0 Å². The Hall–Kier alpha value is -0.780. The van der Waals surface area contributed by atoms with Crippen LogP contribution in [0.15, 0.2) is 46.0 Å². The van der Waals surface area contributed by atoms with Crippen LogP contribution in [0.4, 0.5) is 0 Å². The Morgan fingerprint density at radius 1 is 1.47 bits per heavy atom. The van der Waals surface area contributed by atoms with Crippen LogP contribution in [-0.2, 0) is 6.54 Å². The summed E-state index contributed by atoms with van der Waals surface area (Å²) in [6.07, 6.45) is 4.06. The van der Waals surface area contributed by atoms with Gasteiger partial charge in [0.05, 0.1) is 6.20 Å². The molecule has 0 radical (unpaired) electrons. The van der Waals surface area contributed by atoms with Crippen LogP contribution in [0.2, 0.25) is 0 Å². The van der Waals surface area contributed by atoms with Gasteiger partial charge in [-0.3, -0.25) is 4.68 Å². The predicted molar refractivity (Wildman–Crippen MR) is 84.6 cm³/mol. The summed E-state index contributed by atoms with van der Waals surface area (Å²) in [5, 5.41) is 7.69. The minimum Gasteiger partial charge on any atom is -0.312 e. The van der Waals surface area contributed by atoms with Crippen LogP contribution in [0.25, 0.3) is 0 Å². The molecule has 0 aliphatic carbocycles. The molecule has 5 heteroatoms. The van der Waals surface area contributed by atoms with Crippen molar-refractivity contribution in [2.24, 2.45) is 0 Å². The molecule has 3 nitrogen and oxygen atoms in total. The molecule has 1 atom stereocenters. The fraction of sp³-hybridized carbons (Fsp3) is 0.357. The second kappa shape index (κ2) is 7.12. The van der Waals surface area contributed by atoms with Gasteiger partial charge in [-0.15, -0.1) is 11.8 Å². The van der Waals surface area contributed by atoms with Crippen molar-refractivity contribution in [3.63, 3.8) is 0 Å². The van der Waals surface area contributed by atoms with E-state index in [9.17, 15) is 0 Å². The molecule has 0 aliphatic heterocycles. The first-order chi connectivity index (χ1) is 9.22. The average Bonchev–Trinajstić information content (AvgIpc) is 2.88. The van der Waals surface area contributed by atoms with Crippen molar-refractivity contribution in [3.05, 3.63) is 46.7 Å². The van der Waals surface area contributed by atoms with E-state index in [0.717, 1.165) is 16.8 Å². The van der Waals surface area contributed by atoms with Crippen LogP contribution < -0.4 is 5.32 Å². The van der Waals surface area contributed by atoms with Crippen molar-refractivity contribution in [1.29, 1.82) is 0 Å². The molecule has 0 amide bonds. The maximum absolute atomic E-state index is 4.33. The standard InChI is InChI=1S/C14H18BrN3S/c1-3-18-9-11(8-17-18)14(16-2)10-19-13-6-4-5-12(15)7-13/h4-9,14,16H,3,10H2,1-2H3. The van der Waals surface area contributed by atoms with Crippen LogP contribution in [0, 0.1) is 0 Å². The highest BCUT2D eigenvalue weighted by Crippen LogP contribution is 2.26. The Morgan fingerprint density at radius 2 is 2.32 bits per heavy atom. The second-order valence-electron chi connectivity index (χ2n) is 4.24. The number of rotatable bonds is 6. The maximum atomic E-state index is 4.33. The van der Waals surface area contributed by atoms with Crippen LogP contribution in [0.3, 0.4) is 0 Å². The molecule has 0 fully saturated rings. The van der Waals surface area contributed by atoms with Gasteiger partial charge in [0.15, 0.2) is 0 Å². The molecule has 2 aromatic rings. The van der Waals surface area contributed by atoms with Crippen molar-refractivity contribution in [3.8, 4) is 0 Å². The van der Waals surface area contributed by atoms with Gasteiger partial charge >= 0.3 is 0 Å². The van der Waals surface area contributed by atoms with E-state index in [4.69, 9.17) is 0 Å². The summed E-state index contributed by atoms with van der Waals surface area (Å²) in [5.41, 5.74) is 1.24. The molecule has 1 aromatic carbocycles. The molecule has 0 saturated heterocycles. The fourth-order valence-electron chi connectivity index (χ4n) is 1.82. The van der Waals surface area contributed by atoms with Gasteiger partial charge in [-0.05, 0) is 32.2 Å². The number of nitrogens with one attached hydrogen (secondary N) is 1. The van der Waals surface area contributed by atoms with E-state index in [1.54, 1.807) is 0 Å². The van der Waals surface area contributed by atoms with E-state index in [2.05, 4.69) is 57.7 Å². The van der Waals surface area contributed by atoms with Crippen molar-refractivity contribution >= 4 is 27.7 Å². The van der Waals surface area contributed by atoms with Gasteiger partial charge in [0, 0.05) is 39.5 Å². The maximum Gasteiger partial charge on any atom is 0.0537 e. The zero-order valence-corrected chi connectivity index (χ0v) is 13.5. The lowest BCUT2D eigenvalue weighted by Crippen LogP contribution is -2.18. The Labute approximate surface area is 126 Å². The lowest BCUT2D eigenvalue weighted by atomic mass is 10.2. The summed E-state index contributed by atoms with van der Waals surface area (Å²) in [6, 6.07) is 8.72. The first kappa shape index (κ1) is 14.6. The van der Waals surface area contributed by atoms with Gasteiger partial charge in [0.25, 0.3) is 0 Å². The largest absolute Gasteiger partial charge is 0.312 e. The number of hydrogen-bond acceptors (Lipinski definition) is 3. The van der Waals surface area contributed by atoms with Gasteiger partial charge in [-0.2, -0.15) is 5.10 Å². The predicted octanol–water partition coefficient (Wildman–Crippen LogP) is 3.72. The highest BCUT2D eigenvalue weighted by Gasteiger charge is 2.11. The first-order valence-electron chi connectivity index (χ1n) is 6.31. The molecule has 0 aliphatic rings. The Kier molecular flexibility index (Phi) is 5.48. The van der Waals surface area contributed by atoms with Crippen LogP contribution >= 0.6 is 27.7 Å². The topological polar surface area (TPSA) is 29.9 Å². The van der Waals surface area contributed by atoms with E-state index in [1.807, 2.05) is 35.8 Å². The van der Waals surface area contributed by atoms with Gasteiger partial charge in [-0.25, -0.2) is 0 Å². The van der Waals surface area contributed by atoms with E-state index >= 15 is 0 Å². The molecule has 2 rings (SSSR count). The summed E-state index contributed by atoms with van der Waals surface area (Å²) in [5.74, 6) is 0.988. The summed E-state index contributed by atoms with van der Waals surface area (Å²) in [7, 11) is 2.00. The minimum atomic E-state index is 0.323. The second-order valence-corrected chi connectivity index (χ2v) is 6.25. The molecule has 1 N–H and O–H groups in total. The number of aromatic nitrogens is 2. The molecule has 1 aromatic heterocycles. The smallest absolute Gasteiger partial charge is 0.0537 e. The highest BCUT2D eigenvalue weighted by atomic mass is 79.9. The molecule has 19 heavy (non-hydrogen) atoms. The third-order valence-electron chi connectivity index (χ3n) is 2.94. The van der Waals surface area contributed by atoms with Gasteiger partial charge in [-0.1, -0.05) is 22.0 Å². The number of thioether (sulfide) groups is 1. The van der Waals surface area contributed by atoms with Gasteiger partial charge < -0.3 is 5.32 Å². The number of halogens is 1. The summed E-state index contributed by atoms with van der Waals surface area (Å²) >= 11 is 5.35. The molecule has 102 valence electrons. The highest BCUT2D eigenvalue weighted by molar-refractivity contribution is 9.10. The van der Waals surface area contributed by atoms with Crippen molar-refractivity contribution < 1.29 is 0 Å². The third kappa shape index (κ3) is 4.09. The van der Waals surface area contributed by atoms with E-state index in [-0.39, 0.29) is 0 Å². The Bertz CT molecular complexity index is 527. The fourth-order valence-corrected chi connectivity index (χ4v) is 3.47. The quantitative estimate of drug-likeness (QED) is 0.813. The molecular formula is C14H18BrN3S. The number of aryl methyl sites for hydroxylation is 1. The van der Waals surface area contributed by atoms with E-state index in [0.29, 0.717) is 6.04 Å². The van der Waals surface area contributed by atoms with Crippen LogP contribution in [-0.4, -0.2) is 22.6 Å². The van der Waals surface area contributed by atoms with Crippen LogP contribution in [0.1, 0.15) is 18.5 Å². The Balaban J connectivity index is 1.99. The molecule has 0 spiro atoms. The zero-order valence-electron chi connectivity index (χ0n) is 11.1. The lowest BCUT2D eigenvalue weighted by Gasteiger charge is -2.14. The normalized spacial score (nSPS) is 12.6. The van der Waals surface area contributed by atoms with Gasteiger partial charge in [0.2, 0.25) is 0 Å². The summed E-state index contributed by atoms with van der Waals surface area (Å²) < 4.78 is 3.08. The molecule has 0 saturated carbocycles. The zero-order chi connectivity index (χ0) is 13.7. The molecule has 1 unspecified atom stereocenters. The minimum absolute atomic E-state index is 0.323. The average molecular weight is 340 g/mol. The molecule has 1 heterocycles. The number of benzene rings is 1. The molecule has 0 bridgehead atoms. The lowest BCUT2D eigenvalue weighted by molar-refractivity contribution is 0.645. The first-order valence-corrected chi connectivity index (χ1v) is 8.08. The number of hydrogen-bond donors (Lipinski definition) is 1. The van der Waals surface area contributed by atoms with Gasteiger partial charge in [0.1, 0.15) is 0 Å². The Morgan fingerprint density at radius 3 is 2.95 bits per heavy atom. The SMILES string of the molecule is CCn1cc(C(CSc2cccc(Br)c2)NC)cn1. The van der Waals surface area contributed by atoms with Crippen molar-refractivity contribution in [2.45, 2.75) is 24.4 Å². The van der Waals surface area contributed by atoms with Crippen LogP contribution in [0.5, 0.6) is 0 Å². The monoisotopic (exact) mass is 339 g/mol. The van der Waals surface area contributed by atoms with Crippen molar-refractivity contribution in [2.75, 3.05) is 12.8 Å². The third-order valence-corrected chi connectivity index (χ3v) is 4.52.